The van der Waals surface area contributed by atoms with E-state index in [-0.39, 0.29) is 5.54 Å². The molecule has 0 fully saturated rings. The van der Waals surface area contributed by atoms with Crippen molar-refractivity contribution in [3.8, 4) is 22.6 Å². The molecule has 29 heavy (non-hydrogen) atoms. The first-order chi connectivity index (χ1) is 13.9. The van der Waals surface area contributed by atoms with Gasteiger partial charge in [0.05, 0.1) is 5.69 Å². The van der Waals surface area contributed by atoms with E-state index in [1.54, 1.807) is 18.6 Å². The van der Waals surface area contributed by atoms with Gasteiger partial charge in [-0.05, 0) is 68.5 Å². The molecule has 0 spiro atoms. The number of nitrogens with zero attached hydrogens (tertiary/aromatic N) is 5. The summed E-state index contributed by atoms with van der Waals surface area (Å²) in [4.78, 5) is 13.2. The maximum Gasteiger partial charge on any atom is 0.253 e. The lowest BCUT2D eigenvalue weighted by Crippen LogP contribution is -2.36. The van der Waals surface area contributed by atoms with Crippen LogP contribution in [0, 0.1) is 6.92 Å². The van der Waals surface area contributed by atoms with Crippen molar-refractivity contribution >= 4 is 11.5 Å². The van der Waals surface area contributed by atoms with Crippen LogP contribution in [0.25, 0.3) is 28.4 Å². The summed E-state index contributed by atoms with van der Waals surface area (Å²) >= 11 is 0. The molecular formula is C23H24N6. The Morgan fingerprint density at radius 2 is 2.03 bits per heavy atom. The fourth-order valence-corrected chi connectivity index (χ4v) is 4.43. The monoisotopic (exact) mass is 384 g/mol. The summed E-state index contributed by atoms with van der Waals surface area (Å²) in [6, 6.07) is 10.4. The van der Waals surface area contributed by atoms with Crippen LogP contribution in [0.3, 0.4) is 0 Å². The second-order valence-electron chi connectivity index (χ2n) is 8.59. The number of hydrogen-bond acceptors (Lipinski definition) is 5. The molecule has 6 nitrogen and oxygen atoms in total. The summed E-state index contributed by atoms with van der Waals surface area (Å²) in [5.74, 6) is 1.73. The first-order valence-electron chi connectivity index (χ1n) is 9.96. The van der Waals surface area contributed by atoms with Gasteiger partial charge in [-0.2, -0.15) is 9.50 Å². The molecule has 0 aliphatic carbocycles. The summed E-state index contributed by atoms with van der Waals surface area (Å²) in [5.41, 5.74) is 6.88. The van der Waals surface area contributed by atoms with E-state index in [4.69, 9.17) is 5.10 Å². The molecule has 4 heterocycles. The van der Waals surface area contributed by atoms with Gasteiger partial charge in [-0.3, -0.25) is 4.98 Å². The average Bonchev–Trinajstić information content (AvgIpc) is 3.13. The van der Waals surface area contributed by atoms with Crippen molar-refractivity contribution < 1.29 is 0 Å². The maximum absolute atomic E-state index is 4.74. The van der Waals surface area contributed by atoms with Crippen molar-refractivity contribution in [2.45, 2.75) is 45.6 Å². The first-order valence-corrected chi connectivity index (χ1v) is 9.96. The zero-order valence-corrected chi connectivity index (χ0v) is 17.1. The predicted octanol–water partition coefficient (Wildman–Crippen LogP) is 4.86. The van der Waals surface area contributed by atoms with Crippen molar-refractivity contribution in [2.75, 3.05) is 5.32 Å². The van der Waals surface area contributed by atoms with Crippen LogP contribution in [0.15, 0.2) is 48.9 Å². The largest absolute Gasteiger partial charge is 0.380 e. The van der Waals surface area contributed by atoms with Gasteiger partial charge in [0.2, 0.25) is 0 Å². The Hall–Kier alpha value is -3.28. The molecule has 0 amide bonds. The molecule has 1 aliphatic heterocycles. The van der Waals surface area contributed by atoms with Crippen LogP contribution in [-0.4, -0.2) is 30.1 Å². The standard InChI is InChI=1S/C23H24N6/c1-14-10-17-15(2)12-23(3,4)27-19(17)11-18(14)20-7-9-25-22-26-21(28-29(20)22)16-6-5-8-24-13-16/h5-11,13,15,27H,12H2,1-4H3. The highest BCUT2D eigenvalue weighted by Gasteiger charge is 2.30. The summed E-state index contributed by atoms with van der Waals surface area (Å²) in [6.07, 6.45) is 6.43. The Morgan fingerprint density at radius 3 is 2.83 bits per heavy atom. The molecule has 0 radical (unpaired) electrons. The van der Waals surface area contributed by atoms with Gasteiger partial charge in [0.1, 0.15) is 0 Å². The minimum absolute atomic E-state index is 0.0766. The van der Waals surface area contributed by atoms with Crippen LogP contribution in [0.1, 0.15) is 44.2 Å². The summed E-state index contributed by atoms with van der Waals surface area (Å²) in [7, 11) is 0. The van der Waals surface area contributed by atoms with Crippen LogP contribution >= 0.6 is 0 Å². The molecule has 1 aromatic carbocycles. The summed E-state index contributed by atoms with van der Waals surface area (Å²) < 4.78 is 1.83. The SMILES string of the molecule is Cc1cc2c(cc1-c1ccnc3nc(-c4cccnc4)nn13)NC(C)(C)CC2C. The fourth-order valence-electron chi connectivity index (χ4n) is 4.43. The number of nitrogens with one attached hydrogen (secondary N) is 1. The number of benzene rings is 1. The van der Waals surface area contributed by atoms with Crippen LogP contribution in [0.4, 0.5) is 5.69 Å². The topological polar surface area (TPSA) is 68.0 Å². The zero-order chi connectivity index (χ0) is 20.2. The van der Waals surface area contributed by atoms with Crippen molar-refractivity contribution in [1.82, 2.24) is 24.6 Å². The number of pyridine rings is 1. The third-order valence-electron chi connectivity index (χ3n) is 5.65. The highest BCUT2D eigenvalue weighted by atomic mass is 15.3. The van der Waals surface area contributed by atoms with E-state index < -0.39 is 0 Å². The Bertz CT molecular complexity index is 1210. The second kappa shape index (κ2) is 6.37. The minimum Gasteiger partial charge on any atom is -0.380 e. The molecule has 0 saturated heterocycles. The number of anilines is 1. The third kappa shape index (κ3) is 3.05. The molecule has 146 valence electrons. The Labute approximate surface area is 170 Å². The molecule has 6 heteroatoms. The normalized spacial score (nSPS) is 17.7. The number of aromatic nitrogens is 5. The lowest BCUT2D eigenvalue weighted by atomic mass is 9.80. The molecule has 0 saturated carbocycles. The number of fused-ring (bicyclic) bond motifs is 2. The molecule has 1 aliphatic rings. The van der Waals surface area contributed by atoms with Crippen LogP contribution in [0.2, 0.25) is 0 Å². The van der Waals surface area contributed by atoms with E-state index in [9.17, 15) is 0 Å². The lowest BCUT2D eigenvalue weighted by Gasteiger charge is -2.38. The number of rotatable bonds is 2. The van der Waals surface area contributed by atoms with Gasteiger partial charge >= 0.3 is 0 Å². The highest BCUT2D eigenvalue weighted by Crippen LogP contribution is 2.41. The van der Waals surface area contributed by atoms with Crippen molar-refractivity contribution in [1.29, 1.82) is 0 Å². The first kappa shape index (κ1) is 17.8. The molecular weight excluding hydrogens is 360 g/mol. The van der Waals surface area contributed by atoms with Crippen molar-refractivity contribution in [3.63, 3.8) is 0 Å². The summed E-state index contributed by atoms with van der Waals surface area (Å²) in [6.45, 7) is 8.98. The zero-order valence-electron chi connectivity index (χ0n) is 17.1. The third-order valence-corrected chi connectivity index (χ3v) is 5.65. The smallest absolute Gasteiger partial charge is 0.253 e. The Kier molecular flexibility index (Phi) is 3.91. The minimum atomic E-state index is 0.0766. The predicted molar refractivity (Wildman–Crippen MR) is 115 cm³/mol. The number of hydrogen-bond donors (Lipinski definition) is 1. The van der Waals surface area contributed by atoms with E-state index in [1.165, 1.54) is 16.8 Å². The van der Waals surface area contributed by atoms with Gasteiger partial charge in [-0.25, -0.2) is 4.98 Å². The molecule has 3 aromatic heterocycles. The number of aryl methyl sites for hydroxylation is 1. The Morgan fingerprint density at radius 1 is 1.17 bits per heavy atom. The molecule has 0 bridgehead atoms. The van der Waals surface area contributed by atoms with Gasteiger partial charge in [-0.1, -0.05) is 13.0 Å². The van der Waals surface area contributed by atoms with E-state index in [1.807, 2.05) is 22.7 Å². The maximum atomic E-state index is 4.74. The van der Waals surface area contributed by atoms with Gasteiger partial charge in [-0.15, -0.1) is 5.10 Å². The van der Waals surface area contributed by atoms with Gasteiger partial charge in [0.15, 0.2) is 5.82 Å². The van der Waals surface area contributed by atoms with Crippen molar-refractivity contribution in [2.24, 2.45) is 0 Å². The van der Waals surface area contributed by atoms with Gasteiger partial charge < -0.3 is 5.32 Å². The molecule has 4 aromatic rings. The van der Waals surface area contributed by atoms with Crippen LogP contribution < -0.4 is 5.32 Å². The van der Waals surface area contributed by atoms with E-state index in [0.717, 1.165) is 23.2 Å². The quantitative estimate of drug-likeness (QED) is 0.534. The van der Waals surface area contributed by atoms with E-state index >= 15 is 0 Å². The summed E-state index contributed by atoms with van der Waals surface area (Å²) in [5, 5.41) is 8.45. The Balaban J connectivity index is 1.67. The molecule has 1 unspecified atom stereocenters. The average molecular weight is 384 g/mol. The van der Waals surface area contributed by atoms with E-state index in [0.29, 0.717) is 17.5 Å². The van der Waals surface area contributed by atoms with E-state index in [2.05, 4.69) is 60.1 Å². The highest BCUT2D eigenvalue weighted by molar-refractivity contribution is 5.74. The second-order valence-corrected chi connectivity index (χ2v) is 8.59. The lowest BCUT2D eigenvalue weighted by molar-refractivity contribution is 0.454. The molecule has 5 rings (SSSR count). The fraction of sp³-hybridized carbons (Fsp3) is 0.304. The van der Waals surface area contributed by atoms with Gasteiger partial charge in [0.25, 0.3) is 5.78 Å². The van der Waals surface area contributed by atoms with Gasteiger partial charge in [0, 0.05) is 40.9 Å². The van der Waals surface area contributed by atoms with Crippen LogP contribution in [-0.2, 0) is 0 Å². The van der Waals surface area contributed by atoms with Crippen molar-refractivity contribution in [3.05, 3.63) is 60.0 Å². The van der Waals surface area contributed by atoms with Crippen LogP contribution in [0.5, 0.6) is 0 Å². The molecule has 1 atom stereocenters. The molecule has 1 N–H and O–H groups in total.